The molecule has 4 rings (SSSR count). The number of hydrogen-bond acceptors (Lipinski definition) is 6. The van der Waals surface area contributed by atoms with Crippen LogP contribution in [0.1, 0.15) is 36.6 Å². The Morgan fingerprint density at radius 1 is 0.472 bits per heavy atom. The van der Waals surface area contributed by atoms with Crippen molar-refractivity contribution in [3.05, 3.63) is 150 Å². The van der Waals surface area contributed by atoms with Crippen LogP contribution in [0, 0.1) is 6.58 Å². The molecule has 4 aromatic rings. The molecule has 0 unspecified atom stereocenters. The summed E-state index contributed by atoms with van der Waals surface area (Å²) in [6, 6.07) is 34.0. The third kappa shape index (κ3) is 14.3. The topological polar surface area (TPSA) is 120 Å². The molecule has 0 atom stereocenters. The normalized spacial score (nSPS) is 8.56. The van der Waals surface area contributed by atoms with E-state index in [0.717, 1.165) is 5.56 Å². The van der Waals surface area contributed by atoms with Crippen LogP contribution in [0.25, 0.3) is 6.08 Å². The molecule has 0 bridgehead atoms. The number of aromatic carboxylic acids is 3. The first kappa shape index (κ1) is 32.0. The minimum Gasteiger partial charge on any atom is -0.545 e. The molecule has 36 heavy (non-hydrogen) atoms. The van der Waals surface area contributed by atoms with Gasteiger partial charge in [0, 0.05) is 27.3 Å². The van der Waals surface area contributed by atoms with Gasteiger partial charge in [0.25, 0.3) is 0 Å². The Hall–Kier alpha value is -4.05. The van der Waals surface area contributed by atoms with E-state index in [1.807, 2.05) is 30.3 Å². The zero-order chi connectivity index (χ0) is 25.9. The zero-order valence-electron chi connectivity index (χ0n) is 19.2. The van der Waals surface area contributed by atoms with Gasteiger partial charge in [-0.3, -0.25) is 0 Å². The Morgan fingerprint density at radius 2 is 0.694 bits per heavy atom. The number of hydrogen-bond donors (Lipinski definition) is 0. The summed E-state index contributed by atoms with van der Waals surface area (Å²) in [7, 11) is 0. The van der Waals surface area contributed by atoms with Gasteiger partial charge in [-0.05, 0) is 22.3 Å². The summed E-state index contributed by atoms with van der Waals surface area (Å²) in [4.78, 5) is 30.3. The Morgan fingerprint density at radius 3 is 0.833 bits per heavy atom. The minimum absolute atomic E-state index is 0. The quantitative estimate of drug-likeness (QED) is 0.306. The van der Waals surface area contributed by atoms with Gasteiger partial charge in [0.05, 0.1) is 17.9 Å². The number of carboxylic acids is 3. The zero-order valence-corrected chi connectivity index (χ0v) is 23.0. The Bertz CT molecular complexity index is 1050. The summed E-state index contributed by atoms with van der Waals surface area (Å²) in [5.74, 6) is -3.39. The minimum atomic E-state index is -1.13. The number of rotatable bonds is 4. The summed E-state index contributed by atoms with van der Waals surface area (Å²) in [6.45, 7) is 5.22. The summed E-state index contributed by atoms with van der Waals surface area (Å²) in [5.41, 5.74) is 1.72. The summed E-state index contributed by atoms with van der Waals surface area (Å²) < 4.78 is 0. The van der Waals surface area contributed by atoms with Crippen LogP contribution in [0.15, 0.2) is 121 Å². The van der Waals surface area contributed by atoms with E-state index in [-0.39, 0.29) is 44.0 Å². The van der Waals surface area contributed by atoms with Crippen LogP contribution in [0.4, 0.5) is 0 Å². The number of carbonyl (C=O) groups excluding carboxylic acids is 3. The van der Waals surface area contributed by atoms with Crippen molar-refractivity contribution in [2.75, 3.05) is 0 Å². The van der Waals surface area contributed by atoms with Crippen LogP contribution in [-0.4, -0.2) is 45.2 Å². The van der Waals surface area contributed by atoms with E-state index >= 15 is 0 Å². The molecule has 0 saturated heterocycles. The second-order valence-corrected chi connectivity index (χ2v) is 6.54. The van der Waals surface area contributed by atoms with Gasteiger partial charge in [-0.25, -0.2) is 0 Å². The van der Waals surface area contributed by atoms with Crippen LogP contribution in [0.2, 0.25) is 0 Å². The van der Waals surface area contributed by atoms with E-state index in [1.54, 1.807) is 60.7 Å². The van der Waals surface area contributed by atoms with Crippen LogP contribution < -0.4 is 15.3 Å². The molecule has 5 radical (unpaired) electrons. The Balaban J connectivity index is 0.000000450. The van der Waals surface area contributed by atoms with Crippen molar-refractivity contribution < 1.29 is 29.7 Å². The van der Waals surface area contributed by atoms with Gasteiger partial charge in [0.2, 0.25) is 0 Å². The molecule has 181 valence electrons. The monoisotopic (exact) mass is 674 g/mol. The molecule has 0 heterocycles. The number of carboxylic acid groups (broad SMARTS) is 3. The van der Waals surface area contributed by atoms with Crippen molar-refractivity contribution in [3.8, 4) is 0 Å². The van der Waals surface area contributed by atoms with E-state index < -0.39 is 17.9 Å². The number of carbonyl (C=O) groups is 3. The molecule has 7 heteroatoms. The van der Waals surface area contributed by atoms with Crippen LogP contribution in [0.5, 0.6) is 0 Å². The van der Waals surface area contributed by atoms with Gasteiger partial charge in [0.15, 0.2) is 0 Å². The molecule has 0 aromatic heterocycles. The van der Waals surface area contributed by atoms with E-state index in [9.17, 15) is 29.7 Å². The molecular formula is C29H22O6Pb-3. The van der Waals surface area contributed by atoms with E-state index in [4.69, 9.17) is 6.58 Å². The summed E-state index contributed by atoms with van der Waals surface area (Å²) >= 11 is 0. The van der Waals surface area contributed by atoms with E-state index in [0.29, 0.717) is 0 Å². The molecule has 4 aromatic carbocycles. The number of benzene rings is 4. The molecule has 0 spiro atoms. The van der Waals surface area contributed by atoms with Crippen molar-refractivity contribution in [2.45, 2.75) is 0 Å². The fourth-order valence-corrected chi connectivity index (χ4v) is 2.29. The average Bonchev–Trinajstić information content (AvgIpc) is 2.91. The summed E-state index contributed by atoms with van der Waals surface area (Å²) in [6.07, 6.45) is 1.58. The van der Waals surface area contributed by atoms with Gasteiger partial charge >= 0.3 is 0 Å². The third-order valence-electron chi connectivity index (χ3n) is 4.02. The molecule has 0 aliphatic rings. The van der Waals surface area contributed by atoms with Gasteiger partial charge in [0.1, 0.15) is 0 Å². The molecule has 0 amide bonds. The molecular weight excluding hydrogens is 652 g/mol. The summed E-state index contributed by atoms with van der Waals surface area (Å²) in [5, 5.41) is 30.3. The fraction of sp³-hybridized carbons (Fsp3) is 0. The largest absolute Gasteiger partial charge is 0.545 e. The van der Waals surface area contributed by atoms with Gasteiger partial charge in [-0.2, -0.15) is 0 Å². The van der Waals surface area contributed by atoms with Crippen molar-refractivity contribution in [1.29, 1.82) is 0 Å². The van der Waals surface area contributed by atoms with Crippen molar-refractivity contribution >= 4 is 51.3 Å². The maximum atomic E-state index is 10.1. The van der Waals surface area contributed by atoms with Gasteiger partial charge in [-0.1, -0.05) is 134 Å². The molecule has 6 nitrogen and oxygen atoms in total. The first-order valence-corrected chi connectivity index (χ1v) is 10.2. The second kappa shape index (κ2) is 19.3. The molecule has 0 N–H and O–H groups in total. The second-order valence-electron chi connectivity index (χ2n) is 6.54. The van der Waals surface area contributed by atoms with E-state index in [1.165, 1.54) is 36.4 Å². The van der Waals surface area contributed by atoms with E-state index in [2.05, 4.69) is 0 Å². The first-order chi connectivity index (χ1) is 16.8. The van der Waals surface area contributed by atoms with Crippen LogP contribution in [-0.2, 0) is 0 Å². The third-order valence-corrected chi connectivity index (χ3v) is 4.02. The standard InChI is InChI=1S/C8H7.3C7H6O2.Pb/c1-2-8-6-4-3-5-7-8;3*8-7(9)6-4-2-1-3-5-6;/h1-7H;3*1-5H,(H,8,9);/p-3. The maximum absolute atomic E-state index is 10.1. The van der Waals surface area contributed by atoms with Crippen molar-refractivity contribution in [1.82, 2.24) is 0 Å². The predicted octanol–water partition coefficient (Wildman–Crippen LogP) is 1.90. The Kier molecular flexibility index (Phi) is 17.1. The van der Waals surface area contributed by atoms with Crippen molar-refractivity contribution in [3.63, 3.8) is 0 Å². The predicted molar refractivity (Wildman–Crippen MR) is 133 cm³/mol. The van der Waals surface area contributed by atoms with Crippen LogP contribution >= 0.6 is 0 Å². The van der Waals surface area contributed by atoms with Gasteiger partial charge in [-0.15, -0.1) is 0 Å². The first-order valence-electron chi connectivity index (χ1n) is 10.2. The van der Waals surface area contributed by atoms with Crippen LogP contribution in [0.3, 0.4) is 0 Å². The molecule has 0 fully saturated rings. The Labute approximate surface area is 230 Å². The maximum Gasteiger partial charge on any atom is 0.0715 e. The molecule has 0 aliphatic heterocycles. The molecule has 0 saturated carbocycles. The smallest absolute Gasteiger partial charge is 0.0715 e. The fourth-order valence-electron chi connectivity index (χ4n) is 2.29. The average molecular weight is 674 g/mol. The molecule has 0 aliphatic carbocycles. The van der Waals surface area contributed by atoms with Crippen molar-refractivity contribution in [2.24, 2.45) is 0 Å². The SMILES string of the molecule is O=C([O-])c1ccccc1.O=C([O-])c1ccccc1.O=C([O-])c1ccccc1.[CH]=Cc1ccccc1.[Pb]. The van der Waals surface area contributed by atoms with Gasteiger partial charge < -0.3 is 29.7 Å².